The second-order valence-corrected chi connectivity index (χ2v) is 5.24. The molecule has 0 radical (unpaired) electrons. The Morgan fingerprint density at radius 3 is 2.32 bits per heavy atom. The molecule has 0 spiro atoms. The lowest BCUT2D eigenvalue weighted by atomic mass is 10.1. The van der Waals surface area contributed by atoms with Gasteiger partial charge in [0.15, 0.2) is 0 Å². The number of hydrogen-bond acceptors (Lipinski definition) is 4. The summed E-state index contributed by atoms with van der Waals surface area (Å²) in [7, 11) is 0. The quantitative estimate of drug-likeness (QED) is 0.824. The minimum atomic E-state index is -0.529. The normalized spacial score (nSPS) is 10.0. The Kier molecular flexibility index (Phi) is 6.39. The second kappa shape index (κ2) is 8.73. The molecule has 0 aliphatic heterocycles. The van der Waals surface area contributed by atoms with Gasteiger partial charge in [0.25, 0.3) is 5.91 Å². The van der Waals surface area contributed by atoms with E-state index < -0.39 is 6.09 Å². The largest absolute Gasteiger partial charge is 0.494 e. The third kappa shape index (κ3) is 4.97. The first kappa shape index (κ1) is 18.3. The molecule has 0 aromatic heterocycles. The Labute approximate surface area is 147 Å². The lowest BCUT2D eigenvalue weighted by Crippen LogP contribution is -2.16. The van der Waals surface area contributed by atoms with E-state index in [1.54, 1.807) is 49.4 Å². The van der Waals surface area contributed by atoms with Crippen LogP contribution >= 0.6 is 0 Å². The molecule has 2 amide bonds. The number of nitrogens with one attached hydrogen (secondary N) is 2. The molecule has 0 fully saturated rings. The maximum atomic E-state index is 12.5. The molecule has 6 heteroatoms. The molecule has 25 heavy (non-hydrogen) atoms. The zero-order valence-electron chi connectivity index (χ0n) is 14.6. The predicted molar refractivity (Wildman–Crippen MR) is 97.4 cm³/mol. The molecule has 6 nitrogen and oxygen atoms in total. The van der Waals surface area contributed by atoms with Crippen molar-refractivity contribution in [1.29, 1.82) is 0 Å². The van der Waals surface area contributed by atoms with Crippen LogP contribution in [0.2, 0.25) is 0 Å². The summed E-state index contributed by atoms with van der Waals surface area (Å²) in [5.74, 6) is 0.391. The molecular formula is C19H22N2O4. The summed E-state index contributed by atoms with van der Waals surface area (Å²) in [6.45, 7) is 6.26. The molecule has 0 aliphatic carbocycles. The summed E-state index contributed by atoms with van der Waals surface area (Å²) in [5.41, 5.74) is 2.43. The minimum absolute atomic E-state index is 0.252. The van der Waals surface area contributed by atoms with Gasteiger partial charge in [0.1, 0.15) is 5.75 Å². The molecule has 0 saturated carbocycles. The van der Waals surface area contributed by atoms with E-state index in [1.807, 2.05) is 13.8 Å². The highest BCUT2D eigenvalue weighted by molar-refractivity contribution is 6.05. The molecule has 2 rings (SSSR count). The van der Waals surface area contributed by atoms with Crippen LogP contribution in [0.15, 0.2) is 42.5 Å². The third-order valence-electron chi connectivity index (χ3n) is 3.50. The van der Waals surface area contributed by atoms with Crippen LogP contribution in [0.25, 0.3) is 0 Å². The van der Waals surface area contributed by atoms with Crippen LogP contribution in [-0.2, 0) is 4.74 Å². The number of anilines is 2. The van der Waals surface area contributed by atoms with Crippen molar-refractivity contribution < 1.29 is 19.1 Å². The second-order valence-electron chi connectivity index (χ2n) is 5.24. The smallest absolute Gasteiger partial charge is 0.411 e. The zero-order chi connectivity index (χ0) is 18.2. The van der Waals surface area contributed by atoms with Gasteiger partial charge in [-0.25, -0.2) is 4.79 Å². The Bertz CT molecular complexity index is 759. The van der Waals surface area contributed by atoms with Gasteiger partial charge in [-0.05, 0) is 56.7 Å². The van der Waals surface area contributed by atoms with Crippen LogP contribution in [-0.4, -0.2) is 25.2 Å². The maximum Gasteiger partial charge on any atom is 0.411 e. The molecule has 0 heterocycles. The number of carbonyl (C=O) groups is 2. The number of ether oxygens (including phenoxy) is 2. The Morgan fingerprint density at radius 2 is 1.64 bits per heavy atom. The van der Waals surface area contributed by atoms with E-state index in [-0.39, 0.29) is 12.5 Å². The molecule has 0 unspecified atom stereocenters. The average molecular weight is 342 g/mol. The van der Waals surface area contributed by atoms with Gasteiger partial charge in [0.2, 0.25) is 0 Å². The van der Waals surface area contributed by atoms with E-state index in [0.29, 0.717) is 29.3 Å². The van der Waals surface area contributed by atoms with Crippen molar-refractivity contribution in [3.05, 3.63) is 53.6 Å². The summed E-state index contributed by atoms with van der Waals surface area (Å²) in [4.78, 5) is 24.1. The lowest BCUT2D eigenvalue weighted by molar-refractivity contribution is 0.102. The van der Waals surface area contributed by atoms with Gasteiger partial charge in [-0.1, -0.05) is 12.1 Å². The molecule has 0 atom stereocenters. The van der Waals surface area contributed by atoms with Crippen molar-refractivity contribution in [2.24, 2.45) is 0 Å². The Morgan fingerprint density at radius 1 is 0.960 bits per heavy atom. The number of benzene rings is 2. The average Bonchev–Trinajstić information content (AvgIpc) is 2.59. The number of hydrogen-bond donors (Lipinski definition) is 2. The van der Waals surface area contributed by atoms with Gasteiger partial charge >= 0.3 is 6.09 Å². The van der Waals surface area contributed by atoms with Gasteiger partial charge in [-0.2, -0.15) is 0 Å². The Balaban J connectivity index is 2.15. The van der Waals surface area contributed by atoms with Crippen molar-refractivity contribution in [2.45, 2.75) is 20.8 Å². The van der Waals surface area contributed by atoms with E-state index in [4.69, 9.17) is 9.47 Å². The van der Waals surface area contributed by atoms with E-state index >= 15 is 0 Å². The molecule has 0 aliphatic rings. The van der Waals surface area contributed by atoms with Gasteiger partial charge < -0.3 is 14.8 Å². The maximum absolute atomic E-state index is 12.5. The molecular weight excluding hydrogens is 320 g/mol. The fourth-order valence-electron chi connectivity index (χ4n) is 2.27. The summed E-state index contributed by atoms with van der Waals surface area (Å²) in [6, 6.07) is 12.2. The van der Waals surface area contributed by atoms with Gasteiger partial charge in [0.05, 0.1) is 13.2 Å². The SMILES string of the molecule is CCOC(=O)Nc1cccc(NC(=O)c2cccc(OCC)c2)c1C. The number of rotatable bonds is 6. The summed E-state index contributed by atoms with van der Waals surface area (Å²) in [5, 5.41) is 5.51. The molecule has 132 valence electrons. The summed E-state index contributed by atoms with van der Waals surface area (Å²) in [6.07, 6.45) is -0.529. The van der Waals surface area contributed by atoms with Crippen LogP contribution < -0.4 is 15.4 Å². The lowest BCUT2D eigenvalue weighted by Gasteiger charge is -2.13. The van der Waals surface area contributed by atoms with Crippen LogP contribution in [0.1, 0.15) is 29.8 Å². The highest BCUT2D eigenvalue weighted by Gasteiger charge is 2.12. The number of amides is 2. The molecule has 0 saturated heterocycles. The first-order chi connectivity index (χ1) is 12.0. The topological polar surface area (TPSA) is 76.7 Å². The first-order valence-corrected chi connectivity index (χ1v) is 8.12. The summed E-state index contributed by atoms with van der Waals surface area (Å²) >= 11 is 0. The molecule has 2 aromatic carbocycles. The van der Waals surface area contributed by atoms with Crippen molar-refractivity contribution in [3.63, 3.8) is 0 Å². The molecule has 2 N–H and O–H groups in total. The fraction of sp³-hybridized carbons (Fsp3) is 0.263. The van der Waals surface area contributed by atoms with Gasteiger partial charge in [0, 0.05) is 16.9 Å². The highest BCUT2D eigenvalue weighted by Crippen LogP contribution is 2.24. The molecule has 2 aromatic rings. The predicted octanol–water partition coefficient (Wildman–Crippen LogP) is 4.21. The van der Waals surface area contributed by atoms with E-state index in [2.05, 4.69) is 10.6 Å². The van der Waals surface area contributed by atoms with Crippen LogP contribution in [0.5, 0.6) is 5.75 Å². The molecule has 0 bridgehead atoms. The van der Waals surface area contributed by atoms with E-state index in [1.165, 1.54) is 0 Å². The Hall–Kier alpha value is -3.02. The minimum Gasteiger partial charge on any atom is -0.494 e. The van der Waals surface area contributed by atoms with E-state index in [0.717, 1.165) is 5.56 Å². The zero-order valence-corrected chi connectivity index (χ0v) is 14.6. The fourth-order valence-corrected chi connectivity index (χ4v) is 2.27. The van der Waals surface area contributed by atoms with Gasteiger partial charge in [-0.3, -0.25) is 10.1 Å². The number of carbonyl (C=O) groups excluding carboxylic acids is 2. The van der Waals surface area contributed by atoms with Crippen LogP contribution in [0, 0.1) is 6.92 Å². The van der Waals surface area contributed by atoms with Gasteiger partial charge in [-0.15, -0.1) is 0 Å². The standard InChI is InChI=1S/C19H22N2O4/c1-4-24-15-9-6-8-14(12-15)18(22)20-16-10-7-11-17(13(16)3)21-19(23)25-5-2/h6-12H,4-5H2,1-3H3,(H,20,22)(H,21,23). The van der Waals surface area contributed by atoms with Crippen molar-refractivity contribution in [3.8, 4) is 5.75 Å². The van der Waals surface area contributed by atoms with Crippen molar-refractivity contribution in [1.82, 2.24) is 0 Å². The van der Waals surface area contributed by atoms with Crippen LogP contribution in [0.4, 0.5) is 16.2 Å². The third-order valence-corrected chi connectivity index (χ3v) is 3.50. The summed E-state index contributed by atoms with van der Waals surface area (Å²) < 4.78 is 10.3. The van der Waals surface area contributed by atoms with Crippen LogP contribution in [0.3, 0.4) is 0 Å². The van der Waals surface area contributed by atoms with Crippen molar-refractivity contribution in [2.75, 3.05) is 23.8 Å². The highest BCUT2D eigenvalue weighted by atomic mass is 16.5. The van der Waals surface area contributed by atoms with Crippen molar-refractivity contribution >= 4 is 23.4 Å². The monoisotopic (exact) mass is 342 g/mol. The first-order valence-electron chi connectivity index (χ1n) is 8.12. The van der Waals surface area contributed by atoms with E-state index in [9.17, 15) is 9.59 Å².